The van der Waals surface area contributed by atoms with Gasteiger partial charge in [-0.15, -0.1) is 11.3 Å². The third kappa shape index (κ3) is 3.43. The number of rotatable bonds is 6. The maximum atomic E-state index is 12.4. The van der Waals surface area contributed by atoms with E-state index in [-0.39, 0.29) is 11.8 Å². The molecule has 0 fully saturated rings. The predicted molar refractivity (Wildman–Crippen MR) is 80.4 cm³/mol. The SMILES string of the molecule is COc1ccc(C(=O)C(C)N(C)Cc2cscn2)cc1. The number of methoxy groups -OCH3 is 1. The van der Waals surface area contributed by atoms with Crippen molar-refractivity contribution in [3.8, 4) is 5.75 Å². The minimum atomic E-state index is -0.190. The Balaban J connectivity index is 2.03. The summed E-state index contributed by atoms with van der Waals surface area (Å²) in [7, 11) is 3.55. The van der Waals surface area contributed by atoms with Gasteiger partial charge in [0, 0.05) is 17.5 Å². The largest absolute Gasteiger partial charge is 0.497 e. The summed E-state index contributed by atoms with van der Waals surface area (Å²) in [5.74, 6) is 0.857. The van der Waals surface area contributed by atoms with Gasteiger partial charge in [-0.25, -0.2) is 4.98 Å². The van der Waals surface area contributed by atoms with E-state index in [1.54, 1.807) is 48.2 Å². The lowest BCUT2D eigenvalue weighted by atomic mass is 10.0. The number of carbonyl (C=O) groups is 1. The van der Waals surface area contributed by atoms with Crippen molar-refractivity contribution in [3.63, 3.8) is 0 Å². The quantitative estimate of drug-likeness (QED) is 0.767. The highest BCUT2D eigenvalue weighted by atomic mass is 32.1. The van der Waals surface area contributed by atoms with Crippen LogP contribution in [0, 0.1) is 0 Å². The number of carbonyl (C=O) groups excluding carboxylic acids is 1. The second-order valence-corrected chi connectivity index (χ2v) is 5.38. The molecule has 5 heteroatoms. The molecule has 0 saturated heterocycles. The highest BCUT2D eigenvalue weighted by molar-refractivity contribution is 7.07. The monoisotopic (exact) mass is 290 g/mol. The summed E-state index contributed by atoms with van der Waals surface area (Å²) in [6.07, 6.45) is 0. The number of ketones is 1. The van der Waals surface area contributed by atoms with Crippen molar-refractivity contribution in [3.05, 3.63) is 46.4 Å². The fourth-order valence-corrected chi connectivity index (χ4v) is 2.45. The van der Waals surface area contributed by atoms with Gasteiger partial charge in [-0.2, -0.15) is 0 Å². The van der Waals surface area contributed by atoms with E-state index in [0.717, 1.165) is 11.4 Å². The Morgan fingerprint density at radius 1 is 1.40 bits per heavy atom. The average Bonchev–Trinajstić information content (AvgIpc) is 2.98. The maximum absolute atomic E-state index is 12.4. The van der Waals surface area contributed by atoms with Crippen LogP contribution in [-0.2, 0) is 6.54 Å². The number of likely N-dealkylation sites (N-methyl/N-ethyl adjacent to an activating group) is 1. The molecule has 1 heterocycles. The zero-order valence-corrected chi connectivity index (χ0v) is 12.7. The predicted octanol–water partition coefficient (Wildman–Crippen LogP) is 2.85. The van der Waals surface area contributed by atoms with E-state index in [4.69, 9.17) is 4.74 Å². The van der Waals surface area contributed by atoms with Crippen LogP contribution in [0.15, 0.2) is 35.2 Å². The van der Waals surface area contributed by atoms with Gasteiger partial charge in [-0.05, 0) is 38.2 Å². The van der Waals surface area contributed by atoms with Crippen molar-refractivity contribution >= 4 is 17.1 Å². The van der Waals surface area contributed by atoms with Gasteiger partial charge in [0.25, 0.3) is 0 Å². The third-order valence-electron chi connectivity index (χ3n) is 3.31. The van der Waals surface area contributed by atoms with Crippen LogP contribution in [0.1, 0.15) is 23.0 Å². The normalized spacial score (nSPS) is 12.4. The van der Waals surface area contributed by atoms with Crippen LogP contribution in [0.5, 0.6) is 5.75 Å². The zero-order valence-electron chi connectivity index (χ0n) is 11.9. The lowest BCUT2D eigenvalue weighted by Crippen LogP contribution is -2.35. The number of aromatic nitrogens is 1. The Bertz CT molecular complexity index is 552. The van der Waals surface area contributed by atoms with Gasteiger partial charge in [0.1, 0.15) is 5.75 Å². The number of Topliss-reactive ketones (excluding diaryl/α,β-unsaturated/α-hetero) is 1. The minimum Gasteiger partial charge on any atom is -0.497 e. The molecule has 106 valence electrons. The fraction of sp³-hybridized carbons (Fsp3) is 0.333. The van der Waals surface area contributed by atoms with E-state index in [1.165, 1.54) is 0 Å². The summed E-state index contributed by atoms with van der Waals surface area (Å²) in [5, 5.41) is 2.00. The standard InChI is InChI=1S/C15H18N2O2S/c1-11(17(2)8-13-9-20-10-16-13)15(18)12-4-6-14(19-3)7-5-12/h4-7,9-11H,8H2,1-3H3. The molecule has 0 N–H and O–H groups in total. The Kier molecular flexibility index (Phi) is 4.87. The molecule has 0 saturated carbocycles. The van der Waals surface area contributed by atoms with E-state index in [0.29, 0.717) is 12.1 Å². The van der Waals surface area contributed by atoms with E-state index >= 15 is 0 Å². The van der Waals surface area contributed by atoms with Crippen molar-refractivity contribution < 1.29 is 9.53 Å². The first-order chi connectivity index (χ1) is 9.61. The molecule has 2 aromatic rings. The number of benzene rings is 1. The van der Waals surface area contributed by atoms with Crippen molar-refractivity contribution in [1.29, 1.82) is 0 Å². The number of hydrogen-bond donors (Lipinski definition) is 0. The van der Waals surface area contributed by atoms with Gasteiger partial charge in [0.2, 0.25) is 0 Å². The minimum absolute atomic E-state index is 0.102. The van der Waals surface area contributed by atoms with Gasteiger partial charge >= 0.3 is 0 Å². The molecule has 2 rings (SSSR count). The summed E-state index contributed by atoms with van der Waals surface area (Å²) in [5.41, 5.74) is 3.49. The van der Waals surface area contributed by atoms with Gasteiger partial charge in [-0.3, -0.25) is 9.69 Å². The molecule has 0 aliphatic rings. The third-order valence-corrected chi connectivity index (χ3v) is 3.95. The highest BCUT2D eigenvalue weighted by Crippen LogP contribution is 2.15. The first-order valence-corrected chi connectivity index (χ1v) is 7.31. The Labute approximate surface area is 123 Å². The van der Waals surface area contributed by atoms with E-state index < -0.39 is 0 Å². The second kappa shape index (κ2) is 6.63. The topological polar surface area (TPSA) is 42.4 Å². The summed E-state index contributed by atoms with van der Waals surface area (Å²) < 4.78 is 5.10. The molecule has 4 nitrogen and oxygen atoms in total. The molecule has 1 aromatic carbocycles. The first-order valence-electron chi connectivity index (χ1n) is 6.37. The molecule has 0 spiro atoms. The Morgan fingerprint density at radius 3 is 2.65 bits per heavy atom. The van der Waals surface area contributed by atoms with Gasteiger partial charge in [0.05, 0.1) is 24.4 Å². The molecule has 1 unspecified atom stereocenters. The van der Waals surface area contributed by atoms with Crippen molar-refractivity contribution in [2.45, 2.75) is 19.5 Å². The van der Waals surface area contributed by atoms with Crippen molar-refractivity contribution in [2.24, 2.45) is 0 Å². The zero-order chi connectivity index (χ0) is 14.5. The van der Waals surface area contributed by atoms with Crippen LogP contribution in [0.3, 0.4) is 0 Å². The van der Waals surface area contributed by atoms with Crippen LogP contribution in [0.25, 0.3) is 0 Å². The molecule has 0 amide bonds. The molecule has 0 aliphatic heterocycles. The van der Waals surface area contributed by atoms with E-state index in [2.05, 4.69) is 4.98 Å². The molecule has 1 aromatic heterocycles. The van der Waals surface area contributed by atoms with E-state index in [1.807, 2.05) is 24.3 Å². The van der Waals surface area contributed by atoms with E-state index in [9.17, 15) is 4.79 Å². The van der Waals surface area contributed by atoms with Gasteiger partial charge < -0.3 is 4.74 Å². The summed E-state index contributed by atoms with van der Waals surface area (Å²) in [4.78, 5) is 18.7. The molecule has 0 radical (unpaired) electrons. The Morgan fingerprint density at radius 2 is 2.10 bits per heavy atom. The second-order valence-electron chi connectivity index (χ2n) is 4.66. The lowest BCUT2D eigenvalue weighted by molar-refractivity contribution is 0.0861. The maximum Gasteiger partial charge on any atom is 0.179 e. The Hall–Kier alpha value is -1.72. The number of thiazole rings is 1. The number of ether oxygens (including phenoxy) is 1. The van der Waals surface area contributed by atoms with Crippen LogP contribution in [0.2, 0.25) is 0 Å². The number of hydrogen-bond acceptors (Lipinski definition) is 5. The van der Waals surface area contributed by atoms with Crippen LogP contribution >= 0.6 is 11.3 Å². The van der Waals surface area contributed by atoms with Crippen LogP contribution in [-0.4, -0.2) is 35.9 Å². The summed E-state index contributed by atoms with van der Waals surface area (Å²) in [6, 6.07) is 7.02. The molecule has 0 bridgehead atoms. The molecule has 20 heavy (non-hydrogen) atoms. The molecule has 1 atom stereocenters. The van der Waals surface area contributed by atoms with Crippen LogP contribution in [0.4, 0.5) is 0 Å². The highest BCUT2D eigenvalue weighted by Gasteiger charge is 2.20. The number of nitrogens with zero attached hydrogens (tertiary/aromatic N) is 2. The molecular weight excluding hydrogens is 272 g/mol. The average molecular weight is 290 g/mol. The summed E-state index contributed by atoms with van der Waals surface area (Å²) >= 11 is 1.57. The van der Waals surface area contributed by atoms with Gasteiger partial charge in [-0.1, -0.05) is 0 Å². The molecule has 0 aliphatic carbocycles. The lowest BCUT2D eigenvalue weighted by Gasteiger charge is -2.22. The molecular formula is C15H18N2O2S. The van der Waals surface area contributed by atoms with Crippen molar-refractivity contribution in [1.82, 2.24) is 9.88 Å². The summed E-state index contributed by atoms with van der Waals surface area (Å²) in [6.45, 7) is 2.59. The van der Waals surface area contributed by atoms with Crippen molar-refractivity contribution in [2.75, 3.05) is 14.2 Å². The van der Waals surface area contributed by atoms with Gasteiger partial charge in [0.15, 0.2) is 5.78 Å². The smallest absolute Gasteiger partial charge is 0.179 e. The fourth-order valence-electron chi connectivity index (χ4n) is 1.90. The first kappa shape index (κ1) is 14.7. The van der Waals surface area contributed by atoms with Crippen LogP contribution < -0.4 is 4.74 Å².